The molecular weight excluding hydrogens is 419 g/mol. The number of likely N-dealkylation sites (N-methyl/N-ethyl adjacent to an activating group) is 1. The number of halogens is 1. The molecule has 2 rings (SSSR count). The number of benzene rings is 1. The first-order valence-corrected chi connectivity index (χ1v) is 9.17. The van der Waals surface area contributed by atoms with Crippen molar-refractivity contribution in [2.45, 2.75) is 20.5 Å². The molecule has 1 aromatic heterocycles. The van der Waals surface area contributed by atoms with Crippen molar-refractivity contribution in [3.8, 4) is 5.75 Å². The average molecular weight is 442 g/mol. The van der Waals surface area contributed by atoms with E-state index in [9.17, 15) is 4.79 Å². The van der Waals surface area contributed by atoms with E-state index in [2.05, 4.69) is 46.7 Å². The molecule has 5 nitrogen and oxygen atoms in total. The van der Waals surface area contributed by atoms with Gasteiger partial charge in [0.05, 0.1) is 0 Å². The van der Waals surface area contributed by atoms with E-state index in [-0.39, 0.29) is 5.91 Å². The predicted octanol–water partition coefficient (Wildman–Crippen LogP) is 3.53. The van der Waals surface area contributed by atoms with Crippen LogP contribution < -0.4 is 10.1 Å². The highest BCUT2D eigenvalue weighted by Gasteiger charge is 2.11. The van der Waals surface area contributed by atoms with Gasteiger partial charge >= 0.3 is 0 Å². The molecule has 1 heterocycles. The van der Waals surface area contributed by atoms with Crippen molar-refractivity contribution in [1.29, 1.82) is 0 Å². The maximum Gasteiger partial charge on any atom is 0.287 e. The Morgan fingerprint density at radius 2 is 1.88 bits per heavy atom. The summed E-state index contributed by atoms with van der Waals surface area (Å²) in [6.45, 7) is 7.92. The van der Waals surface area contributed by atoms with Gasteiger partial charge in [-0.15, -0.1) is 0 Å². The highest BCUT2D eigenvalue weighted by atomic mass is 127. The van der Waals surface area contributed by atoms with Crippen LogP contribution in [0, 0.1) is 3.57 Å². The third kappa shape index (κ3) is 5.83. The fourth-order valence-electron chi connectivity index (χ4n) is 2.22. The Morgan fingerprint density at radius 1 is 1.17 bits per heavy atom. The van der Waals surface area contributed by atoms with E-state index in [0.717, 1.165) is 29.0 Å². The second-order valence-electron chi connectivity index (χ2n) is 5.29. The third-order valence-corrected chi connectivity index (χ3v) is 4.41. The van der Waals surface area contributed by atoms with Crippen molar-refractivity contribution in [1.82, 2.24) is 10.2 Å². The molecule has 0 spiro atoms. The van der Waals surface area contributed by atoms with E-state index in [1.165, 1.54) is 0 Å². The SMILES string of the molecule is CCN(CC)CCNC(=O)c1ccc(COc2ccc(I)cc2)o1. The third-order valence-electron chi connectivity index (χ3n) is 3.69. The summed E-state index contributed by atoms with van der Waals surface area (Å²) in [5, 5.41) is 2.88. The summed E-state index contributed by atoms with van der Waals surface area (Å²) >= 11 is 2.24. The van der Waals surface area contributed by atoms with Crippen LogP contribution in [-0.4, -0.2) is 37.0 Å². The van der Waals surface area contributed by atoms with Crippen LogP contribution in [0.2, 0.25) is 0 Å². The molecule has 0 fully saturated rings. The van der Waals surface area contributed by atoms with Gasteiger partial charge in [0.2, 0.25) is 0 Å². The van der Waals surface area contributed by atoms with Crippen LogP contribution in [0.25, 0.3) is 0 Å². The van der Waals surface area contributed by atoms with Crippen LogP contribution in [-0.2, 0) is 6.61 Å². The minimum absolute atomic E-state index is 0.192. The van der Waals surface area contributed by atoms with Gasteiger partial charge in [-0.3, -0.25) is 4.79 Å². The van der Waals surface area contributed by atoms with Crippen LogP contribution >= 0.6 is 22.6 Å². The molecule has 1 N–H and O–H groups in total. The lowest BCUT2D eigenvalue weighted by Crippen LogP contribution is -2.34. The number of nitrogens with one attached hydrogen (secondary N) is 1. The maximum absolute atomic E-state index is 12.1. The van der Waals surface area contributed by atoms with E-state index in [1.54, 1.807) is 12.1 Å². The van der Waals surface area contributed by atoms with E-state index in [0.29, 0.717) is 24.7 Å². The quantitative estimate of drug-likeness (QED) is 0.604. The highest BCUT2D eigenvalue weighted by molar-refractivity contribution is 14.1. The van der Waals surface area contributed by atoms with Gasteiger partial charge < -0.3 is 19.4 Å². The molecule has 1 amide bonds. The van der Waals surface area contributed by atoms with Crippen LogP contribution in [0.1, 0.15) is 30.2 Å². The van der Waals surface area contributed by atoms with Gasteiger partial charge in [-0.1, -0.05) is 13.8 Å². The van der Waals surface area contributed by atoms with E-state index in [4.69, 9.17) is 9.15 Å². The van der Waals surface area contributed by atoms with Gasteiger partial charge in [0.25, 0.3) is 5.91 Å². The van der Waals surface area contributed by atoms with Gasteiger partial charge in [0, 0.05) is 16.7 Å². The first kappa shape index (κ1) is 18.8. The number of ether oxygens (including phenoxy) is 1. The average Bonchev–Trinajstić information content (AvgIpc) is 3.07. The molecule has 2 aromatic rings. The van der Waals surface area contributed by atoms with Crippen LogP contribution in [0.15, 0.2) is 40.8 Å². The fraction of sp³-hybridized carbons (Fsp3) is 0.389. The molecule has 0 bridgehead atoms. The monoisotopic (exact) mass is 442 g/mol. The summed E-state index contributed by atoms with van der Waals surface area (Å²) in [6.07, 6.45) is 0. The zero-order valence-corrected chi connectivity index (χ0v) is 16.2. The Hall–Kier alpha value is -1.54. The smallest absolute Gasteiger partial charge is 0.287 e. The van der Waals surface area contributed by atoms with Crippen LogP contribution in [0.5, 0.6) is 5.75 Å². The molecule has 0 aliphatic heterocycles. The molecule has 1 aromatic carbocycles. The lowest BCUT2D eigenvalue weighted by Gasteiger charge is -2.17. The Balaban J connectivity index is 1.79. The molecular formula is C18H23IN2O3. The molecule has 0 atom stereocenters. The summed E-state index contributed by atoms with van der Waals surface area (Å²) in [7, 11) is 0. The first-order valence-electron chi connectivity index (χ1n) is 8.10. The predicted molar refractivity (Wildman–Crippen MR) is 102 cm³/mol. The van der Waals surface area contributed by atoms with Crippen molar-refractivity contribution >= 4 is 28.5 Å². The Morgan fingerprint density at radius 3 is 2.54 bits per heavy atom. The normalized spacial score (nSPS) is 10.8. The number of rotatable bonds is 9. The van der Waals surface area contributed by atoms with E-state index < -0.39 is 0 Å². The molecule has 0 aliphatic rings. The zero-order chi connectivity index (χ0) is 17.4. The summed E-state index contributed by atoms with van der Waals surface area (Å²) in [4.78, 5) is 14.3. The Kier molecular flexibility index (Phi) is 7.58. The van der Waals surface area contributed by atoms with Crippen molar-refractivity contribution in [2.24, 2.45) is 0 Å². The zero-order valence-electron chi connectivity index (χ0n) is 14.0. The minimum atomic E-state index is -0.192. The number of furan rings is 1. The minimum Gasteiger partial charge on any atom is -0.486 e. The van der Waals surface area contributed by atoms with E-state index >= 15 is 0 Å². The second kappa shape index (κ2) is 9.68. The molecule has 0 saturated heterocycles. The molecule has 24 heavy (non-hydrogen) atoms. The summed E-state index contributed by atoms with van der Waals surface area (Å²) < 4.78 is 12.3. The Bertz CT molecular complexity index is 636. The number of hydrogen-bond donors (Lipinski definition) is 1. The lowest BCUT2D eigenvalue weighted by molar-refractivity contribution is 0.0917. The Labute approximate surface area is 156 Å². The molecule has 6 heteroatoms. The first-order chi connectivity index (χ1) is 11.6. The molecule has 0 aliphatic carbocycles. The number of nitrogens with zero attached hydrogens (tertiary/aromatic N) is 1. The van der Waals surface area contributed by atoms with Gasteiger partial charge in [0.15, 0.2) is 5.76 Å². The van der Waals surface area contributed by atoms with Gasteiger partial charge in [-0.05, 0) is 72.1 Å². The fourth-order valence-corrected chi connectivity index (χ4v) is 2.58. The van der Waals surface area contributed by atoms with Crippen LogP contribution in [0.3, 0.4) is 0 Å². The van der Waals surface area contributed by atoms with Gasteiger partial charge in [-0.25, -0.2) is 0 Å². The van der Waals surface area contributed by atoms with Crippen LogP contribution in [0.4, 0.5) is 0 Å². The topological polar surface area (TPSA) is 54.7 Å². The largest absolute Gasteiger partial charge is 0.486 e. The standard InChI is InChI=1S/C18H23IN2O3/c1-3-21(4-2)12-11-20-18(22)17-10-9-16(24-17)13-23-15-7-5-14(19)6-8-15/h5-10H,3-4,11-13H2,1-2H3,(H,20,22). The van der Waals surface area contributed by atoms with Crippen molar-refractivity contribution in [3.63, 3.8) is 0 Å². The number of carbonyl (C=O) groups is 1. The van der Waals surface area contributed by atoms with Crippen molar-refractivity contribution < 1.29 is 13.9 Å². The number of hydrogen-bond acceptors (Lipinski definition) is 4. The molecule has 130 valence electrons. The summed E-state index contributed by atoms with van der Waals surface area (Å²) in [5.74, 6) is 1.53. The maximum atomic E-state index is 12.1. The van der Waals surface area contributed by atoms with Gasteiger partial charge in [0.1, 0.15) is 18.1 Å². The lowest BCUT2D eigenvalue weighted by atomic mass is 10.3. The van der Waals surface area contributed by atoms with Gasteiger partial charge in [-0.2, -0.15) is 0 Å². The number of amides is 1. The molecule has 0 saturated carbocycles. The van der Waals surface area contributed by atoms with Crippen molar-refractivity contribution in [3.05, 3.63) is 51.5 Å². The highest BCUT2D eigenvalue weighted by Crippen LogP contribution is 2.16. The molecule has 0 radical (unpaired) electrons. The number of carbonyl (C=O) groups excluding carboxylic acids is 1. The summed E-state index contributed by atoms with van der Waals surface area (Å²) in [5.41, 5.74) is 0. The second-order valence-corrected chi connectivity index (χ2v) is 6.54. The molecule has 0 unspecified atom stereocenters. The summed E-state index contributed by atoms with van der Waals surface area (Å²) in [6, 6.07) is 11.2. The van der Waals surface area contributed by atoms with Crippen molar-refractivity contribution in [2.75, 3.05) is 26.2 Å². The van der Waals surface area contributed by atoms with E-state index in [1.807, 2.05) is 24.3 Å².